The Kier molecular flexibility index (Phi) is 4.67. The van der Waals surface area contributed by atoms with Crippen LogP contribution in [0.5, 0.6) is 11.5 Å². The van der Waals surface area contributed by atoms with Crippen molar-refractivity contribution in [3.05, 3.63) is 53.6 Å². The van der Waals surface area contributed by atoms with Crippen LogP contribution in [0.3, 0.4) is 0 Å². The van der Waals surface area contributed by atoms with Crippen molar-refractivity contribution in [2.24, 2.45) is 0 Å². The van der Waals surface area contributed by atoms with Crippen molar-refractivity contribution in [2.45, 2.75) is 20.0 Å². The monoisotopic (exact) mass is 328 g/mol. The Morgan fingerprint density at radius 1 is 1.13 bits per heavy atom. The third-order valence-corrected chi connectivity index (χ3v) is 4.07. The summed E-state index contributed by atoms with van der Waals surface area (Å²) in [6.45, 7) is 5.27. The Hall–Kier alpha value is -2.27. The summed E-state index contributed by atoms with van der Waals surface area (Å²) in [5, 5.41) is 6.95. The van der Waals surface area contributed by atoms with Crippen molar-refractivity contribution in [3.63, 3.8) is 0 Å². The molecule has 1 atom stereocenters. The molecular formula is C18H20N2O2S. The van der Waals surface area contributed by atoms with Gasteiger partial charge in [-0.1, -0.05) is 18.2 Å². The standard InChI is InChI=1S/C18H20N2O2S/c1-12-7-8-14(9-13(12)2)20-18(23)19-10-15-11-21-16-5-3-4-6-17(16)22-15/h3-9,15H,10-11H2,1-2H3,(H2,19,20,23)/t15-/m0/s1. The van der Waals surface area contributed by atoms with Gasteiger partial charge < -0.3 is 20.1 Å². The number of fused-ring (bicyclic) bond motifs is 1. The second-order valence-electron chi connectivity index (χ2n) is 5.63. The molecular weight excluding hydrogens is 308 g/mol. The van der Waals surface area contributed by atoms with Crippen molar-refractivity contribution in [1.82, 2.24) is 5.32 Å². The lowest BCUT2D eigenvalue weighted by molar-refractivity contribution is 0.0939. The van der Waals surface area contributed by atoms with Gasteiger partial charge in [-0.3, -0.25) is 0 Å². The smallest absolute Gasteiger partial charge is 0.170 e. The first-order valence-electron chi connectivity index (χ1n) is 7.62. The zero-order valence-corrected chi connectivity index (χ0v) is 14.1. The Morgan fingerprint density at radius 2 is 1.91 bits per heavy atom. The molecule has 3 rings (SSSR count). The highest BCUT2D eigenvalue weighted by Crippen LogP contribution is 2.30. The predicted octanol–water partition coefficient (Wildman–Crippen LogP) is 3.43. The van der Waals surface area contributed by atoms with E-state index in [0.717, 1.165) is 17.2 Å². The lowest BCUT2D eigenvalue weighted by Crippen LogP contribution is -2.42. The average Bonchev–Trinajstić information content (AvgIpc) is 2.56. The van der Waals surface area contributed by atoms with Gasteiger partial charge in [0.05, 0.1) is 6.54 Å². The van der Waals surface area contributed by atoms with Crippen molar-refractivity contribution in [3.8, 4) is 11.5 Å². The second kappa shape index (κ2) is 6.87. The number of aryl methyl sites for hydroxylation is 2. The molecule has 1 aliphatic heterocycles. The van der Waals surface area contributed by atoms with E-state index < -0.39 is 0 Å². The Bertz CT molecular complexity index is 718. The van der Waals surface area contributed by atoms with Crippen LogP contribution in [-0.4, -0.2) is 24.4 Å². The highest BCUT2D eigenvalue weighted by atomic mass is 32.1. The predicted molar refractivity (Wildman–Crippen MR) is 96.5 cm³/mol. The largest absolute Gasteiger partial charge is 0.486 e. The third-order valence-electron chi connectivity index (χ3n) is 3.82. The van der Waals surface area contributed by atoms with Crippen LogP contribution < -0.4 is 20.1 Å². The van der Waals surface area contributed by atoms with Gasteiger partial charge in [0, 0.05) is 5.69 Å². The molecule has 4 nitrogen and oxygen atoms in total. The lowest BCUT2D eigenvalue weighted by atomic mass is 10.1. The number of para-hydroxylation sites is 2. The van der Waals surface area contributed by atoms with Gasteiger partial charge in [-0.25, -0.2) is 0 Å². The molecule has 23 heavy (non-hydrogen) atoms. The summed E-state index contributed by atoms with van der Waals surface area (Å²) in [6.07, 6.45) is -0.0654. The quantitative estimate of drug-likeness (QED) is 0.845. The average molecular weight is 328 g/mol. The molecule has 0 bridgehead atoms. The number of benzene rings is 2. The number of ether oxygens (including phenoxy) is 2. The Labute approximate surface area is 141 Å². The van der Waals surface area contributed by atoms with E-state index in [4.69, 9.17) is 21.7 Å². The van der Waals surface area contributed by atoms with Crippen LogP contribution >= 0.6 is 12.2 Å². The number of hydrogen-bond donors (Lipinski definition) is 2. The molecule has 5 heteroatoms. The SMILES string of the molecule is Cc1ccc(NC(=S)NC[C@H]2COc3ccccc3O2)cc1C. The summed E-state index contributed by atoms with van der Waals surface area (Å²) >= 11 is 5.34. The van der Waals surface area contributed by atoms with E-state index in [2.05, 4.69) is 36.6 Å². The number of thiocarbonyl (C=S) groups is 1. The fourth-order valence-electron chi connectivity index (χ4n) is 2.36. The zero-order chi connectivity index (χ0) is 16.2. The maximum absolute atomic E-state index is 5.89. The summed E-state index contributed by atoms with van der Waals surface area (Å²) in [5.41, 5.74) is 3.48. The third kappa shape index (κ3) is 3.93. The molecule has 0 unspecified atom stereocenters. The molecule has 2 aromatic rings. The van der Waals surface area contributed by atoms with E-state index in [0.29, 0.717) is 18.3 Å². The molecule has 120 valence electrons. The summed E-state index contributed by atoms with van der Waals surface area (Å²) in [5.74, 6) is 1.57. The van der Waals surface area contributed by atoms with Crippen LogP contribution in [0, 0.1) is 13.8 Å². The first-order valence-corrected chi connectivity index (χ1v) is 8.03. The van der Waals surface area contributed by atoms with Gasteiger partial charge in [0.1, 0.15) is 12.7 Å². The van der Waals surface area contributed by atoms with Gasteiger partial charge >= 0.3 is 0 Å². The minimum absolute atomic E-state index is 0.0654. The van der Waals surface area contributed by atoms with Crippen LogP contribution in [0.1, 0.15) is 11.1 Å². The first-order chi connectivity index (χ1) is 11.1. The maximum Gasteiger partial charge on any atom is 0.170 e. The van der Waals surface area contributed by atoms with E-state index in [-0.39, 0.29) is 6.10 Å². The molecule has 0 aromatic heterocycles. The molecule has 2 aromatic carbocycles. The van der Waals surface area contributed by atoms with E-state index in [1.807, 2.05) is 30.3 Å². The topological polar surface area (TPSA) is 42.5 Å². The fraction of sp³-hybridized carbons (Fsp3) is 0.278. The van der Waals surface area contributed by atoms with Crippen LogP contribution in [0.15, 0.2) is 42.5 Å². The van der Waals surface area contributed by atoms with Gasteiger partial charge in [-0.05, 0) is 61.5 Å². The zero-order valence-electron chi connectivity index (χ0n) is 13.3. The van der Waals surface area contributed by atoms with Gasteiger partial charge in [-0.2, -0.15) is 0 Å². The van der Waals surface area contributed by atoms with Crippen molar-refractivity contribution >= 4 is 23.0 Å². The number of rotatable bonds is 3. The van der Waals surface area contributed by atoms with Crippen molar-refractivity contribution < 1.29 is 9.47 Å². The van der Waals surface area contributed by atoms with Crippen LogP contribution in [-0.2, 0) is 0 Å². The molecule has 1 heterocycles. The van der Waals surface area contributed by atoms with Gasteiger partial charge in [0.2, 0.25) is 0 Å². The van der Waals surface area contributed by atoms with Crippen LogP contribution in [0.2, 0.25) is 0 Å². The molecule has 0 saturated carbocycles. The van der Waals surface area contributed by atoms with Crippen molar-refractivity contribution in [2.75, 3.05) is 18.5 Å². The van der Waals surface area contributed by atoms with Gasteiger partial charge in [0.25, 0.3) is 0 Å². The summed E-state index contributed by atoms with van der Waals surface area (Å²) < 4.78 is 11.6. The van der Waals surface area contributed by atoms with Crippen molar-refractivity contribution in [1.29, 1.82) is 0 Å². The molecule has 2 N–H and O–H groups in total. The molecule has 0 aliphatic carbocycles. The second-order valence-corrected chi connectivity index (χ2v) is 6.04. The summed E-state index contributed by atoms with van der Waals surface area (Å²) in [7, 11) is 0. The van der Waals surface area contributed by atoms with Crippen LogP contribution in [0.4, 0.5) is 5.69 Å². The van der Waals surface area contributed by atoms with E-state index in [9.17, 15) is 0 Å². The van der Waals surface area contributed by atoms with E-state index >= 15 is 0 Å². The minimum atomic E-state index is -0.0654. The lowest BCUT2D eigenvalue weighted by Gasteiger charge is -2.27. The van der Waals surface area contributed by atoms with E-state index in [1.165, 1.54) is 11.1 Å². The minimum Gasteiger partial charge on any atom is -0.486 e. The number of anilines is 1. The van der Waals surface area contributed by atoms with Gasteiger partial charge in [0.15, 0.2) is 16.6 Å². The summed E-state index contributed by atoms with van der Waals surface area (Å²) in [4.78, 5) is 0. The highest BCUT2D eigenvalue weighted by molar-refractivity contribution is 7.80. The number of hydrogen-bond acceptors (Lipinski definition) is 3. The molecule has 0 fully saturated rings. The Balaban J connectivity index is 1.51. The fourth-order valence-corrected chi connectivity index (χ4v) is 2.57. The summed E-state index contributed by atoms with van der Waals surface area (Å²) in [6, 6.07) is 13.9. The van der Waals surface area contributed by atoms with Gasteiger partial charge in [-0.15, -0.1) is 0 Å². The molecule has 0 spiro atoms. The van der Waals surface area contributed by atoms with Crippen LogP contribution in [0.25, 0.3) is 0 Å². The molecule has 0 saturated heterocycles. The molecule has 1 aliphatic rings. The Morgan fingerprint density at radius 3 is 2.70 bits per heavy atom. The molecule has 0 amide bonds. The number of nitrogens with one attached hydrogen (secondary N) is 2. The molecule has 0 radical (unpaired) electrons. The maximum atomic E-state index is 5.89. The van der Waals surface area contributed by atoms with E-state index in [1.54, 1.807) is 0 Å². The first kappa shape index (κ1) is 15.6. The normalized spacial score (nSPS) is 15.8. The highest BCUT2D eigenvalue weighted by Gasteiger charge is 2.20.